The topological polar surface area (TPSA) is 46.9 Å². The van der Waals surface area contributed by atoms with Crippen molar-refractivity contribution in [2.24, 2.45) is 0 Å². The molecule has 0 radical (unpaired) electrons. The molecule has 0 atom stereocenters. The number of nitrogens with one attached hydrogen (secondary N) is 1. The number of carbonyl (C=O) groups is 1. The van der Waals surface area contributed by atoms with Crippen molar-refractivity contribution < 1.29 is 4.79 Å². The quantitative estimate of drug-likeness (QED) is 0.428. The smallest absolute Gasteiger partial charge is 0.268 e. The average molecular weight is 461 g/mol. The Bertz CT molecular complexity index is 1110. The number of hydrogen-bond acceptors (Lipinski definition) is 3. The van der Waals surface area contributed by atoms with Crippen LogP contribution in [-0.2, 0) is 13.1 Å². The van der Waals surface area contributed by atoms with Gasteiger partial charge in [-0.2, -0.15) is 0 Å². The zero-order chi connectivity index (χ0) is 18.8. The van der Waals surface area contributed by atoms with Crippen molar-refractivity contribution in [2.45, 2.75) is 13.1 Å². The molecule has 1 amide bonds. The highest BCUT2D eigenvalue weighted by molar-refractivity contribution is 9.11. The van der Waals surface area contributed by atoms with Crippen molar-refractivity contribution >= 4 is 55.0 Å². The molecular formula is C20H15BrClN3OS. The van der Waals surface area contributed by atoms with E-state index < -0.39 is 0 Å². The summed E-state index contributed by atoms with van der Waals surface area (Å²) in [4.78, 5) is 16.9. The van der Waals surface area contributed by atoms with E-state index in [1.54, 1.807) is 23.7 Å². The number of aromatic nitrogens is 2. The molecule has 0 saturated carbocycles. The number of halogens is 2. The first kappa shape index (κ1) is 18.2. The van der Waals surface area contributed by atoms with Gasteiger partial charge >= 0.3 is 0 Å². The molecule has 4 rings (SSSR count). The van der Waals surface area contributed by atoms with E-state index in [4.69, 9.17) is 11.6 Å². The van der Waals surface area contributed by atoms with Crippen LogP contribution in [0.3, 0.4) is 0 Å². The van der Waals surface area contributed by atoms with Gasteiger partial charge in [0.1, 0.15) is 5.69 Å². The van der Waals surface area contributed by atoms with Crippen LogP contribution in [0.15, 0.2) is 64.7 Å². The van der Waals surface area contributed by atoms with Gasteiger partial charge in [-0.05, 0) is 63.5 Å². The number of amides is 1. The third-order valence-electron chi connectivity index (χ3n) is 4.22. The van der Waals surface area contributed by atoms with E-state index in [-0.39, 0.29) is 5.91 Å². The fourth-order valence-corrected chi connectivity index (χ4v) is 4.74. The summed E-state index contributed by atoms with van der Waals surface area (Å²) < 4.78 is 4.14. The molecule has 3 heterocycles. The number of benzene rings is 1. The van der Waals surface area contributed by atoms with Gasteiger partial charge in [0.05, 0.1) is 14.0 Å². The highest BCUT2D eigenvalue weighted by Crippen LogP contribution is 2.33. The third kappa shape index (κ3) is 4.08. The minimum absolute atomic E-state index is 0.103. The summed E-state index contributed by atoms with van der Waals surface area (Å²) in [6.45, 7) is 1.03. The normalized spacial score (nSPS) is 11.0. The summed E-state index contributed by atoms with van der Waals surface area (Å²) in [5.41, 5.74) is 3.72. The molecule has 1 aromatic carbocycles. The lowest BCUT2D eigenvalue weighted by atomic mass is 10.2. The summed E-state index contributed by atoms with van der Waals surface area (Å²) in [7, 11) is 0. The zero-order valence-electron chi connectivity index (χ0n) is 14.2. The minimum atomic E-state index is -0.103. The first-order valence-electron chi connectivity index (χ1n) is 8.30. The molecule has 7 heteroatoms. The number of fused-ring (bicyclic) bond motifs is 1. The second-order valence-corrected chi connectivity index (χ2v) is 8.98. The van der Waals surface area contributed by atoms with E-state index in [2.05, 4.69) is 26.2 Å². The highest BCUT2D eigenvalue weighted by Gasteiger charge is 2.18. The molecule has 27 heavy (non-hydrogen) atoms. The van der Waals surface area contributed by atoms with Gasteiger partial charge in [-0.1, -0.05) is 23.7 Å². The van der Waals surface area contributed by atoms with Gasteiger partial charge < -0.3 is 9.88 Å². The Labute approximate surface area is 173 Å². The molecule has 0 unspecified atom stereocenters. The molecule has 0 saturated heterocycles. The Morgan fingerprint density at radius 1 is 1.15 bits per heavy atom. The second kappa shape index (κ2) is 7.84. The predicted octanol–water partition coefficient (Wildman–Crippen LogP) is 5.49. The third-order valence-corrected chi connectivity index (χ3v) is 6.03. The van der Waals surface area contributed by atoms with Crippen molar-refractivity contribution in [1.82, 2.24) is 14.9 Å². The van der Waals surface area contributed by atoms with E-state index in [0.29, 0.717) is 23.8 Å². The molecule has 0 fully saturated rings. The maximum Gasteiger partial charge on any atom is 0.268 e. The first-order chi connectivity index (χ1) is 13.1. The van der Waals surface area contributed by atoms with Gasteiger partial charge in [0.15, 0.2) is 0 Å². The van der Waals surface area contributed by atoms with E-state index in [9.17, 15) is 4.79 Å². The highest BCUT2D eigenvalue weighted by atomic mass is 79.9. The summed E-state index contributed by atoms with van der Waals surface area (Å²) >= 11 is 11.3. The van der Waals surface area contributed by atoms with Crippen molar-refractivity contribution in [3.05, 3.63) is 86.6 Å². The lowest BCUT2D eigenvalue weighted by molar-refractivity contribution is 0.0942. The summed E-state index contributed by atoms with van der Waals surface area (Å²) in [6, 6.07) is 15.5. The maximum absolute atomic E-state index is 12.9. The molecule has 3 aromatic heterocycles. The number of rotatable bonds is 5. The van der Waals surface area contributed by atoms with Gasteiger partial charge in [0.25, 0.3) is 5.91 Å². The predicted molar refractivity (Wildman–Crippen MR) is 113 cm³/mol. The second-order valence-electron chi connectivity index (χ2n) is 6.08. The molecule has 0 bridgehead atoms. The standard InChI is InChI=1S/C20H15BrClN3OS/c21-19-10-16-18(27-19)9-17(20(26)24-11-13-4-6-23-7-5-13)25(16)12-14-2-1-3-15(22)8-14/h1-10H,11-12H2,(H,24,26). The number of nitrogens with zero attached hydrogens (tertiary/aromatic N) is 2. The largest absolute Gasteiger partial charge is 0.347 e. The molecule has 136 valence electrons. The van der Waals surface area contributed by atoms with Crippen LogP contribution < -0.4 is 5.32 Å². The first-order valence-corrected chi connectivity index (χ1v) is 10.3. The van der Waals surface area contributed by atoms with Gasteiger partial charge in [0, 0.05) is 30.5 Å². The van der Waals surface area contributed by atoms with Gasteiger partial charge in [-0.3, -0.25) is 9.78 Å². The number of thiophene rings is 1. The Morgan fingerprint density at radius 3 is 2.74 bits per heavy atom. The molecule has 4 aromatic rings. The molecular weight excluding hydrogens is 446 g/mol. The van der Waals surface area contributed by atoms with Crippen LogP contribution in [-0.4, -0.2) is 15.5 Å². The SMILES string of the molecule is O=C(NCc1ccncc1)c1cc2sc(Br)cc2n1Cc1cccc(Cl)c1. The van der Waals surface area contributed by atoms with Gasteiger partial charge in [-0.25, -0.2) is 0 Å². The Balaban J connectivity index is 1.65. The van der Waals surface area contributed by atoms with Crippen molar-refractivity contribution in [3.63, 3.8) is 0 Å². The molecule has 0 aliphatic rings. The molecule has 0 aliphatic heterocycles. The lowest BCUT2D eigenvalue weighted by Crippen LogP contribution is -2.25. The summed E-state index contributed by atoms with van der Waals surface area (Å²) in [5.74, 6) is -0.103. The monoisotopic (exact) mass is 459 g/mol. The molecule has 4 nitrogen and oxygen atoms in total. The van der Waals surface area contributed by atoms with E-state index >= 15 is 0 Å². The van der Waals surface area contributed by atoms with Gasteiger partial charge in [-0.15, -0.1) is 11.3 Å². The van der Waals surface area contributed by atoms with Crippen LogP contribution in [0.2, 0.25) is 5.02 Å². The number of hydrogen-bond donors (Lipinski definition) is 1. The lowest BCUT2D eigenvalue weighted by Gasteiger charge is -2.11. The van der Waals surface area contributed by atoms with Crippen LogP contribution in [0.1, 0.15) is 21.6 Å². The molecule has 0 spiro atoms. The fraction of sp³-hybridized carbons (Fsp3) is 0.100. The van der Waals surface area contributed by atoms with Crippen LogP contribution in [0.25, 0.3) is 10.2 Å². The van der Waals surface area contributed by atoms with Crippen molar-refractivity contribution in [2.75, 3.05) is 0 Å². The van der Waals surface area contributed by atoms with Crippen LogP contribution in [0.4, 0.5) is 0 Å². The van der Waals surface area contributed by atoms with Crippen molar-refractivity contribution in [3.8, 4) is 0 Å². The van der Waals surface area contributed by atoms with Crippen LogP contribution >= 0.6 is 38.9 Å². The molecule has 0 aliphatic carbocycles. The van der Waals surface area contributed by atoms with Gasteiger partial charge in [0.2, 0.25) is 0 Å². The van der Waals surface area contributed by atoms with Crippen LogP contribution in [0, 0.1) is 0 Å². The maximum atomic E-state index is 12.9. The Kier molecular flexibility index (Phi) is 5.29. The van der Waals surface area contributed by atoms with Crippen molar-refractivity contribution in [1.29, 1.82) is 0 Å². The average Bonchev–Trinajstić information content (AvgIpc) is 3.18. The van der Waals surface area contributed by atoms with E-state index in [1.165, 1.54) is 0 Å². The Morgan fingerprint density at radius 2 is 1.96 bits per heavy atom. The fourth-order valence-electron chi connectivity index (χ4n) is 2.96. The van der Waals surface area contributed by atoms with Crippen LogP contribution in [0.5, 0.6) is 0 Å². The zero-order valence-corrected chi connectivity index (χ0v) is 17.3. The molecule has 1 N–H and O–H groups in total. The van der Waals surface area contributed by atoms with E-state index in [0.717, 1.165) is 25.1 Å². The van der Waals surface area contributed by atoms with E-state index in [1.807, 2.05) is 53.1 Å². The summed E-state index contributed by atoms with van der Waals surface area (Å²) in [6.07, 6.45) is 3.44. The number of pyridine rings is 1. The number of carbonyl (C=O) groups excluding carboxylic acids is 1. The Hall–Kier alpha value is -2.15. The summed E-state index contributed by atoms with van der Waals surface area (Å²) in [5, 5.41) is 3.68. The minimum Gasteiger partial charge on any atom is -0.347 e.